The van der Waals surface area contributed by atoms with Crippen LogP contribution in [0.3, 0.4) is 0 Å². The monoisotopic (exact) mass is 199 g/mol. The molecule has 0 saturated carbocycles. The standard InChI is InChI=1S/C7H6ClN3S/c1-3-4(2)10-6-5(9-3)11-7(8)12-6/h1-2H3. The van der Waals surface area contributed by atoms with Gasteiger partial charge < -0.3 is 0 Å². The Morgan fingerprint density at radius 1 is 1.08 bits per heavy atom. The fourth-order valence-electron chi connectivity index (χ4n) is 0.898. The Morgan fingerprint density at radius 2 is 1.75 bits per heavy atom. The van der Waals surface area contributed by atoms with Crippen molar-refractivity contribution >= 4 is 33.4 Å². The smallest absolute Gasteiger partial charge is 0.191 e. The van der Waals surface area contributed by atoms with Gasteiger partial charge in [0.05, 0.1) is 11.4 Å². The van der Waals surface area contributed by atoms with Gasteiger partial charge in [0.2, 0.25) is 0 Å². The highest BCUT2D eigenvalue weighted by Gasteiger charge is 2.05. The van der Waals surface area contributed by atoms with Gasteiger partial charge in [-0.3, -0.25) is 0 Å². The van der Waals surface area contributed by atoms with Gasteiger partial charge in [-0.05, 0) is 13.8 Å². The highest BCUT2D eigenvalue weighted by Crippen LogP contribution is 2.22. The van der Waals surface area contributed by atoms with Crippen molar-refractivity contribution in [1.82, 2.24) is 15.0 Å². The number of nitrogens with zero attached hydrogens (tertiary/aromatic N) is 3. The average Bonchev–Trinajstić information content (AvgIpc) is 2.30. The van der Waals surface area contributed by atoms with E-state index >= 15 is 0 Å². The molecule has 0 N–H and O–H groups in total. The number of hydrogen-bond donors (Lipinski definition) is 0. The fraction of sp³-hybridized carbons (Fsp3) is 0.286. The zero-order valence-corrected chi connectivity index (χ0v) is 8.20. The number of aromatic nitrogens is 3. The fourth-order valence-corrected chi connectivity index (χ4v) is 1.85. The third kappa shape index (κ3) is 1.17. The molecule has 0 aliphatic carbocycles. The molecule has 0 amide bonds. The molecule has 0 atom stereocenters. The molecule has 2 rings (SSSR count). The summed E-state index contributed by atoms with van der Waals surface area (Å²) in [6.45, 7) is 3.84. The minimum absolute atomic E-state index is 0.495. The van der Waals surface area contributed by atoms with Crippen LogP contribution in [0.2, 0.25) is 4.47 Å². The van der Waals surface area contributed by atoms with Gasteiger partial charge in [0, 0.05) is 0 Å². The molecule has 2 aromatic heterocycles. The summed E-state index contributed by atoms with van der Waals surface area (Å²) >= 11 is 7.07. The van der Waals surface area contributed by atoms with Crippen molar-refractivity contribution in [3.05, 3.63) is 15.9 Å². The van der Waals surface area contributed by atoms with Crippen LogP contribution in [0.15, 0.2) is 0 Å². The first-order chi connectivity index (χ1) is 5.66. The number of hydrogen-bond acceptors (Lipinski definition) is 4. The number of fused-ring (bicyclic) bond motifs is 1. The largest absolute Gasteiger partial charge is 0.237 e. The summed E-state index contributed by atoms with van der Waals surface area (Å²) in [6, 6.07) is 0. The van der Waals surface area contributed by atoms with Crippen LogP contribution < -0.4 is 0 Å². The number of halogens is 1. The van der Waals surface area contributed by atoms with Gasteiger partial charge in [-0.1, -0.05) is 22.9 Å². The molecule has 0 aromatic carbocycles. The van der Waals surface area contributed by atoms with E-state index in [0.717, 1.165) is 16.2 Å². The lowest BCUT2D eigenvalue weighted by molar-refractivity contribution is 1.09. The second-order valence-electron chi connectivity index (χ2n) is 2.49. The minimum atomic E-state index is 0.495. The summed E-state index contributed by atoms with van der Waals surface area (Å²) in [5, 5.41) is 0. The van der Waals surface area contributed by atoms with Gasteiger partial charge in [-0.15, -0.1) is 0 Å². The first-order valence-electron chi connectivity index (χ1n) is 3.44. The van der Waals surface area contributed by atoms with E-state index in [0.29, 0.717) is 10.1 Å². The van der Waals surface area contributed by atoms with Gasteiger partial charge in [0.15, 0.2) is 14.9 Å². The topological polar surface area (TPSA) is 38.7 Å². The summed E-state index contributed by atoms with van der Waals surface area (Å²) in [5.41, 5.74) is 2.49. The van der Waals surface area contributed by atoms with Crippen LogP contribution in [-0.2, 0) is 0 Å². The van der Waals surface area contributed by atoms with E-state index < -0.39 is 0 Å². The number of thiazole rings is 1. The summed E-state index contributed by atoms with van der Waals surface area (Å²) in [5.74, 6) is 0. The SMILES string of the molecule is Cc1nc2nc(Cl)sc2nc1C. The minimum Gasteiger partial charge on any atom is -0.237 e. The molecule has 0 bridgehead atoms. The molecule has 0 fully saturated rings. The molecule has 0 radical (unpaired) electrons. The molecule has 0 spiro atoms. The Balaban J connectivity index is 2.83. The molecular weight excluding hydrogens is 194 g/mol. The predicted molar refractivity (Wildman–Crippen MR) is 49.7 cm³/mol. The lowest BCUT2D eigenvalue weighted by Crippen LogP contribution is -1.90. The van der Waals surface area contributed by atoms with Gasteiger partial charge in [0.25, 0.3) is 0 Å². The van der Waals surface area contributed by atoms with Crippen LogP contribution in [0.25, 0.3) is 10.5 Å². The lowest BCUT2D eigenvalue weighted by Gasteiger charge is -1.94. The molecule has 62 valence electrons. The Hall–Kier alpha value is -0.740. The molecule has 0 saturated heterocycles. The molecule has 5 heteroatoms. The Morgan fingerprint density at radius 3 is 2.50 bits per heavy atom. The van der Waals surface area contributed by atoms with E-state index in [9.17, 15) is 0 Å². The van der Waals surface area contributed by atoms with Crippen molar-refractivity contribution in [3.8, 4) is 0 Å². The van der Waals surface area contributed by atoms with E-state index in [-0.39, 0.29) is 0 Å². The molecular formula is C7H6ClN3S. The maximum atomic E-state index is 5.72. The van der Waals surface area contributed by atoms with Crippen LogP contribution in [-0.4, -0.2) is 15.0 Å². The van der Waals surface area contributed by atoms with E-state index in [4.69, 9.17) is 11.6 Å². The van der Waals surface area contributed by atoms with Crippen LogP contribution in [0.5, 0.6) is 0 Å². The third-order valence-electron chi connectivity index (χ3n) is 1.63. The summed E-state index contributed by atoms with van der Waals surface area (Å²) < 4.78 is 0.495. The first-order valence-corrected chi connectivity index (χ1v) is 4.63. The van der Waals surface area contributed by atoms with E-state index in [1.165, 1.54) is 11.3 Å². The maximum absolute atomic E-state index is 5.72. The van der Waals surface area contributed by atoms with Crippen LogP contribution in [0.1, 0.15) is 11.4 Å². The van der Waals surface area contributed by atoms with Crippen LogP contribution in [0.4, 0.5) is 0 Å². The second-order valence-corrected chi connectivity index (χ2v) is 4.05. The number of rotatable bonds is 0. The van der Waals surface area contributed by atoms with Gasteiger partial charge >= 0.3 is 0 Å². The van der Waals surface area contributed by atoms with E-state index in [2.05, 4.69) is 15.0 Å². The van der Waals surface area contributed by atoms with Gasteiger partial charge in [-0.2, -0.15) is 0 Å². The maximum Gasteiger partial charge on any atom is 0.191 e. The Kier molecular flexibility index (Phi) is 1.73. The number of aryl methyl sites for hydroxylation is 2. The highest BCUT2D eigenvalue weighted by molar-refractivity contribution is 7.21. The zero-order chi connectivity index (χ0) is 8.72. The summed E-state index contributed by atoms with van der Waals surface area (Å²) in [4.78, 5) is 13.4. The molecule has 0 aliphatic rings. The van der Waals surface area contributed by atoms with E-state index in [1.807, 2.05) is 13.8 Å². The zero-order valence-electron chi connectivity index (χ0n) is 6.63. The van der Waals surface area contributed by atoms with Crippen molar-refractivity contribution in [2.75, 3.05) is 0 Å². The first kappa shape index (κ1) is 7.89. The predicted octanol–water partition coefficient (Wildman–Crippen LogP) is 2.36. The summed E-state index contributed by atoms with van der Waals surface area (Å²) in [7, 11) is 0. The van der Waals surface area contributed by atoms with Crippen molar-refractivity contribution < 1.29 is 0 Å². The van der Waals surface area contributed by atoms with Crippen LogP contribution in [0, 0.1) is 13.8 Å². The lowest BCUT2D eigenvalue weighted by atomic mass is 10.4. The van der Waals surface area contributed by atoms with Gasteiger partial charge in [0.1, 0.15) is 0 Å². The van der Waals surface area contributed by atoms with Crippen molar-refractivity contribution in [1.29, 1.82) is 0 Å². The Bertz CT molecular complexity index is 398. The molecule has 0 unspecified atom stereocenters. The normalized spacial score (nSPS) is 10.9. The molecule has 0 aliphatic heterocycles. The average molecular weight is 200 g/mol. The molecule has 12 heavy (non-hydrogen) atoms. The molecule has 2 heterocycles. The van der Waals surface area contributed by atoms with Crippen LogP contribution >= 0.6 is 22.9 Å². The Labute approximate surface area is 78.4 Å². The second kappa shape index (κ2) is 2.64. The van der Waals surface area contributed by atoms with E-state index in [1.54, 1.807) is 0 Å². The quantitative estimate of drug-likeness (QED) is 0.654. The van der Waals surface area contributed by atoms with Gasteiger partial charge in [-0.25, -0.2) is 15.0 Å². The third-order valence-corrected chi connectivity index (χ3v) is 2.68. The molecule has 2 aromatic rings. The van der Waals surface area contributed by atoms with Crippen molar-refractivity contribution in [2.24, 2.45) is 0 Å². The summed E-state index contributed by atoms with van der Waals surface area (Å²) in [6.07, 6.45) is 0. The van der Waals surface area contributed by atoms with Crippen molar-refractivity contribution in [3.63, 3.8) is 0 Å². The van der Waals surface area contributed by atoms with Crippen molar-refractivity contribution in [2.45, 2.75) is 13.8 Å². The highest BCUT2D eigenvalue weighted by atomic mass is 35.5. The molecule has 3 nitrogen and oxygen atoms in total.